The van der Waals surface area contributed by atoms with Gasteiger partial charge in [0.15, 0.2) is 0 Å². The molecule has 0 heterocycles. The lowest BCUT2D eigenvalue weighted by atomic mass is 10.2. The third kappa shape index (κ3) is 8.48. The summed E-state index contributed by atoms with van der Waals surface area (Å²) in [6.07, 6.45) is 5.28. The molecular weight excluding hydrogens is 178 g/mol. The van der Waals surface area contributed by atoms with E-state index in [0.29, 0.717) is 0 Å². The predicted molar refractivity (Wildman–Crippen MR) is 59.0 cm³/mol. The van der Waals surface area contributed by atoms with Crippen LogP contribution in [0.15, 0.2) is 0 Å². The summed E-state index contributed by atoms with van der Waals surface area (Å²) in [6.45, 7) is 6.75. The maximum Gasteiger partial charge on any atom is 0.109 e. The smallest absolute Gasteiger partial charge is 0.109 e. The minimum atomic E-state index is -0.490. The lowest BCUT2D eigenvalue weighted by Gasteiger charge is -2.19. The minimum Gasteiger partial charge on any atom is -0.379 e. The lowest BCUT2D eigenvalue weighted by Crippen LogP contribution is -2.38. The first kappa shape index (κ1) is 13.9. The molecule has 0 spiro atoms. The van der Waals surface area contributed by atoms with Crippen LogP contribution in [0.4, 0.5) is 0 Å². The summed E-state index contributed by atoms with van der Waals surface area (Å²) in [4.78, 5) is 0. The summed E-state index contributed by atoms with van der Waals surface area (Å²) in [6, 6.07) is 0. The van der Waals surface area contributed by atoms with Gasteiger partial charge in [0.1, 0.15) is 12.5 Å². The van der Waals surface area contributed by atoms with Crippen LogP contribution in [0.5, 0.6) is 0 Å². The molecule has 0 amide bonds. The molecule has 3 nitrogen and oxygen atoms in total. The molecule has 0 bridgehead atoms. The molecule has 14 heavy (non-hydrogen) atoms. The molecule has 0 radical (unpaired) electrons. The largest absolute Gasteiger partial charge is 0.379 e. The number of aliphatic hydroxyl groups excluding tert-OH is 1. The first-order valence-electron chi connectivity index (χ1n) is 5.76. The molecule has 2 atom stereocenters. The fraction of sp³-hybridized carbons (Fsp3) is 1.00. The molecular formula is C11H25NO2. The molecule has 0 aliphatic rings. The number of aliphatic hydroxyl groups is 1. The van der Waals surface area contributed by atoms with Crippen molar-refractivity contribution in [1.82, 2.24) is 5.32 Å². The van der Waals surface area contributed by atoms with Crippen LogP contribution in [0.25, 0.3) is 0 Å². The van der Waals surface area contributed by atoms with E-state index in [2.05, 4.69) is 12.2 Å². The topological polar surface area (TPSA) is 41.5 Å². The highest BCUT2D eigenvalue weighted by Crippen LogP contribution is 2.02. The molecule has 0 fully saturated rings. The first-order valence-corrected chi connectivity index (χ1v) is 5.76. The van der Waals surface area contributed by atoms with Crippen molar-refractivity contribution in [3.05, 3.63) is 0 Å². The molecule has 86 valence electrons. The van der Waals surface area contributed by atoms with Crippen LogP contribution in [-0.2, 0) is 4.74 Å². The van der Waals surface area contributed by atoms with Gasteiger partial charge in [0, 0.05) is 6.61 Å². The van der Waals surface area contributed by atoms with E-state index in [-0.39, 0.29) is 6.23 Å². The van der Waals surface area contributed by atoms with E-state index in [1.807, 2.05) is 6.92 Å². The molecule has 2 N–H and O–H groups in total. The third-order valence-electron chi connectivity index (χ3n) is 2.11. The SMILES string of the molecule is CCCCCCOC(CC)NC(C)O. The van der Waals surface area contributed by atoms with E-state index >= 15 is 0 Å². The highest BCUT2D eigenvalue weighted by atomic mass is 16.5. The number of hydrogen-bond acceptors (Lipinski definition) is 3. The normalized spacial score (nSPS) is 15.4. The molecule has 0 saturated carbocycles. The van der Waals surface area contributed by atoms with Gasteiger partial charge in [-0.25, -0.2) is 0 Å². The maximum atomic E-state index is 9.10. The number of unbranched alkanes of at least 4 members (excludes halogenated alkanes) is 3. The van der Waals surface area contributed by atoms with Crippen molar-refractivity contribution in [2.24, 2.45) is 0 Å². The second-order valence-corrected chi connectivity index (χ2v) is 3.67. The zero-order valence-corrected chi connectivity index (χ0v) is 9.75. The van der Waals surface area contributed by atoms with Crippen LogP contribution in [0.2, 0.25) is 0 Å². The van der Waals surface area contributed by atoms with Crippen LogP contribution < -0.4 is 5.32 Å². The fourth-order valence-corrected chi connectivity index (χ4v) is 1.31. The molecule has 0 aliphatic heterocycles. The molecule has 0 aromatic rings. The predicted octanol–water partition coefficient (Wildman–Crippen LogP) is 2.25. The zero-order valence-electron chi connectivity index (χ0n) is 9.75. The Hall–Kier alpha value is -0.120. The molecule has 0 aromatic heterocycles. The highest BCUT2D eigenvalue weighted by molar-refractivity contribution is 4.53. The minimum absolute atomic E-state index is 0.00312. The van der Waals surface area contributed by atoms with E-state index in [9.17, 15) is 0 Å². The fourth-order valence-electron chi connectivity index (χ4n) is 1.31. The highest BCUT2D eigenvalue weighted by Gasteiger charge is 2.07. The van der Waals surface area contributed by atoms with E-state index in [0.717, 1.165) is 19.4 Å². The van der Waals surface area contributed by atoms with Gasteiger partial charge in [-0.2, -0.15) is 0 Å². The summed E-state index contributed by atoms with van der Waals surface area (Å²) in [5.74, 6) is 0. The molecule has 0 rings (SSSR count). The Morgan fingerprint density at radius 1 is 1.21 bits per heavy atom. The molecule has 2 unspecified atom stereocenters. The molecule has 0 aromatic carbocycles. The van der Waals surface area contributed by atoms with Crippen LogP contribution in [0, 0.1) is 0 Å². The van der Waals surface area contributed by atoms with Gasteiger partial charge in [-0.3, -0.25) is 5.32 Å². The van der Waals surface area contributed by atoms with E-state index in [4.69, 9.17) is 9.84 Å². The number of hydrogen-bond donors (Lipinski definition) is 2. The Bertz CT molecular complexity index is 118. The Morgan fingerprint density at radius 3 is 2.43 bits per heavy atom. The molecule has 0 aliphatic carbocycles. The van der Waals surface area contributed by atoms with Gasteiger partial charge in [-0.05, 0) is 19.8 Å². The standard InChI is InChI=1S/C11H25NO2/c1-4-6-7-8-9-14-11(5-2)12-10(3)13/h10-13H,4-9H2,1-3H3. The average Bonchev–Trinajstić information content (AvgIpc) is 2.15. The van der Waals surface area contributed by atoms with Gasteiger partial charge in [0.25, 0.3) is 0 Å². The number of nitrogens with one attached hydrogen (secondary N) is 1. The second kappa shape index (κ2) is 9.44. The van der Waals surface area contributed by atoms with Gasteiger partial charge in [0.05, 0.1) is 0 Å². The zero-order chi connectivity index (χ0) is 10.8. The summed E-state index contributed by atoms with van der Waals surface area (Å²) < 4.78 is 5.58. The van der Waals surface area contributed by atoms with Crippen molar-refractivity contribution in [2.45, 2.75) is 65.3 Å². The van der Waals surface area contributed by atoms with Crippen LogP contribution >= 0.6 is 0 Å². The maximum absolute atomic E-state index is 9.10. The van der Waals surface area contributed by atoms with Gasteiger partial charge < -0.3 is 9.84 Å². The second-order valence-electron chi connectivity index (χ2n) is 3.67. The van der Waals surface area contributed by atoms with Gasteiger partial charge in [-0.1, -0.05) is 33.1 Å². The Labute approximate surface area is 87.8 Å². The monoisotopic (exact) mass is 203 g/mol. The first-order chi connectivity index (χ1) is 6.70. The van der Waals surface area contributed by atoms with Crippen molar-refractivity contribution in [3.63, 3.8) is 0 Å². The molecule has 3 heteroatoms. The van der Waals surface area contributed by atoms with Crippen molar-refractivity contribution in [3.8, 4) is 0 Å². The van der Waals surface area contributed by atoms with Gasteiger partial charge >= 0.3 is 0 Å². The van der Waals surface area contributed by atoms with E-state index in [1.54, 1.807) is 6.92 Å². The van der Waals surface area contributed by atoms with E-state index in [1.165, 1.54) is 19.3 Å². The van der Waals surface area contributed by atoms with Crippen LogP contribution in [0.1, 0.15) is 52.9 Å². The number of ether oxygens (including phenoxy) is 1. The number of rotatable bonds is 9. The van der Waals surface area contributed by atoms with Crippen LogP contribution in [0.3, 0.4) is 0 Å². The average molecular weight is 203 g/mol. The Kier molecular flexibility index (Phi) is 9.35. The van der Waals surface area contributed by atoms with Crippen molar-refractivity contribution in [2.75, 3.05) is 6.61 Å². The summed E-state index contributed by atoms with van der Waals surface area (Å²) in [7, 11) is 0. The Balaban J connectivity index is 3.33. The van der Waals surface area contributed by atoms with Crippen molar-refractivity contribution >= 4 is 0 Å². The summed E-state index contributed by atoms with van der Waals surface area (Å²) in [5.41, 5.74) is 0. The lowest BCUT2D eigenvalue weighted by molar-refractivity contribution is -0.0130. The van der Waals surface area contributed by atoms with Gasteiger partial charge in [-0.15, -0.1) is 0 Å². The molecule has 0 saturated heterocycles. The third-order valence-corrected chi connectivity index (χ3v) is 2.11. The van der Waals surface area contributed by atoms with Gasteiger partial charge in [0.2, 0.25) is 0 Å². The van der Waals surface area contributed by atoms with Crippen molar-refractivity contribution < 1.29 is 9.84 Å². The quantitative estimate of drug-likeness (QED) is 0.446. The van der Waals surface area contributed by atoms with Crippen molar-refractivity contribution in [1.29, 1.82) is 0 Å². The van der Waals surface area contributed by atoms with Crippen LogP contribution in [-0.4, -0.2) is 24.2 Å². The summed E-state index contributed by atoms with van der Waals surface area (Å²) >= 11 is 0. The van der Waals surface area contributed by atoms with E-state index < -0.39 is 6.23 Å². The Morgan fingerprint density at radius 2 is 1.93 bits per heavy atom. The summed E-state index contributed by atoms with van der Waals surface area (Å²) in [5, 5.41) is 12.1.